The van der Waals surface area contributed by atoms with E-state index in [1.54, 1.807) is 10.9 Å². The summed E-state index contributed by atoms with van der Waals surface area (Å²) in [5.41, 5.74) is 1.11. The van der Waals surface area contributed by atoms with Crippen LogP contribution in [-0.4, -0.2) is 34.5 Å². The molecular weight excluding hydrogens is 244 g/mol. The highest BCUT2D eigenvalue weighted by Crippen LogP contribution is 2.06. The van der Waals surface area contributed by atoms with Crippen molar-refractivity contribution in [3.8, 4) is 5.82 Å². The van der Waals surface area contributed by atoms with Gasteiger partial charge in [-0.25, -0.2) is 14.5 Å². The number of aromatic nitrogens is 3. The van der Waals surface area contributed by atoms with Gasteiger partial charge in [-0.2, -0.15) is 5.10 Å². The molecule has 100 valence electrons. The van der Waals surface area contributed by atoms with Crippen molar-refractivity contribution in [2.45, 2.75) is 12.8 Å². The minimum atomic E-state index is -0.399. The van der Waals surface area contributed by atoms with Gasteiger partial charge in [-0.3, -0.25) is 0 Å². The second kappa shape index (κ2) is 6.53. The van der Waals surface area contributed by atoms with Gasteiger partial charge in [0.1, 0.15) is 0 Å². The van der Waals surface area contributed by atoms with Crippen molar-refractivity contribution in [3.05, 3.63) is 42.4 Å². The third kappa shape index (κ3) is 3.80. The van der Waals surface area contributed by atoms with Crippen molar-refractivity contribution in [1.29, 1.82) is 0 Å². The number of carbonyl (C=O) groups is 1. The second-order valence-corrected chi connectivity index (χ2v) is 4.00. The first-order valence-electron chi connectivity index (χ1n) is 6.06. The highest BCUT2D eigenvalue weighted by atomic mass is 16.5. The summed E-state index contributed by atoms with van der Waals surface area (Å²) in [6, 6.07) is 5.69. The van der Waals surface area contributed by atoms with Crippen LogP contribution >= 0.6 is 0 Å². The number of carbonyl (C=O) groups excluding carboxylic acids is 1. The molecule has 0 saturated heterocycles. The number of aryl methyl sites for hydroxylation is 1. The molecule has 2 rings (SSSR count). The molecule has 0 atom stereocenters. The zero-order chi connectivity index (χ0) is 13.5. The zero-order valence-electron chi connectivity index (χ0n) is 10.7. The van der Waals surface area contributed by atoms with Gasteiger partial charge in [-0.1, -0.05) is 6.07 Å². The number of rotatable bonds is 5. The van der Waals surface area contributed by atoms with Crippen LogP contribution in [0.1, 0.15) is 12.0 Å². The quantitative estimate of drug-likeness (QED) is 0.828. The maximum absolute atomic E-state index is 10.9. The summed E-state index contributed by atoms with van der Waals surface area (Å²) in [5, 5.41) is 6.90. The van der Waals surface area contributed by atoms with Crippen molar-refractivity contribution < 1.29 is 9.53 Å². The van der Waals surface area contributed by atoms with Gasteiger partial charge in [-0.05, 0) is 30.5 Å². The van der Waals surface area contributed by atoms with Gasteiger partial charge < -0.3 is 10.1 Å². The Hall–Kier alpha value is -2.37. The van der Waals surface area contributed by atoms with Crippen molar-refractivity contribution in [2.24, 2.45) is 0 Å². The van der Waals surface area contributed by atoms with E-state index >= 15 is 0 Å². The van der Waals surface area contributed by atoms with Gasteiger partial charge in [0.15, 0.2) is 5.82 Å². The number of methoxy groups -OCH3 is 1. The average Bonchev–Trinajstić information content (AvgIpc) is 2.93. The average molecular weight is 260 g/mol. The molecule has 0 aliphatic heterocycles. The van der Waals surface area contributed by atoms with Crippen LogP contribution in [0.3, 0.4) is 0 Å². The number of ether oxygens (including phenoxy) is 1. The van der Waals surface area contributed by atoms with E-state index in [-0.39, 0.29) is 0 Å². The van der Waals surface area contributed by atoms with Crippen LogP contribution in [0, 0.1) is 0 Å². The van der Waals surface area contributed by atoms with Crippen LogP contribution in [0.25, 0.3) is 5.82 Å². The van der Waals surface area contributed by atoms with Crippen molar-refractivity contribution in [2.75, 3.05) is 13.7 Å². The monoisotopic (exact) mass is 260 g/mol. The smallest absolute Gasteiger partial charge is 0.406 e. The largest absolute Gasteiger partial charge is 0.453 e. The molecule has 0 aromatic carbocycles. The SMILES string of the molecule is COC(=O)NCCCc1cnn(-c2ccccn2)c1. The molecule has 0 saturated carbocycles. The molecule has 0 aliphatic rings. The van der Waals surface area contributed by atoms with Crippen LogP contribution in [0.15, 0.2) is 36.8 Å². The Balaban J connectivity index is 1.83. The van der Waals surface area contributed by atoms with Crippen LogP contribution in [0.2, 0.25) is 0 Å². The highest BCUT2D eigenvalue weighted by Gasteiger charge is 2.02. The van der Waals surface area contributed by atoms with Crippen molar-refractivity contribution >= 4 is 6.09 Å². The summed E-state index contributed by atoms with van der Waals surface area (Å²) in [4.78, 5) is 15.1. The molecule has 0 unspecified atom stereocenters. The Labute approximate surface area is 111 Å². The van der Waals surface area contributed by atoms with Gasteiger partial charge in [-0.15, -0.1) is 0 Å². The first-order valence-corrected chi connectivity index (χ1v) is 6.06. The lowest BCUT2D eigenvalue weighted by atomic mass is 10.2. The molecular formula is C13H16N4O2. The first kappa shape index (κ1) is 13.1. The Morgan fingerprint density at radius 3 is 3.11 bits per heavy atom. The maximum atomic E-state index is 10.9. The molecule has 0 fully saturated rings. The summed E-state index contributed by atoms with van der Waals surface area (Å²) in [6.45, 7) is 0.585. The molecule has 1 N–H and O–H groups in total. The standard InChI is InChI=1S/C13H16N4O2/c1-19-13(18)15-8-4-5-11-9-16-17(10-11)12-6-2-3-7-14-12/h2-3,6-7,9-10H,4-5,8H2,1H3,(H,15,18). The summed E-state index contributed by atoms with van der Waals surface area (Å²) in [6.07, 6.45) is 6.77. The molecule has 0 aliphatic carbocycles. The molecule has 6 heteroatoms. The fourth-order valence-electron chi connectivity index (χ4n) is 1.66. The molecule has 2 aromatic rings. The van der Waals surface area contributed by atoms with Crippen LogP contribution < -0.4 is 5.32 Å². The molecule has 0 bridgehead atoms. The Kier molecular flexibility index (Phi) is 4.49. The van der Waals surface area contributed by atoms with E-state index in [0.717, 1.165) is 24.2 Å². The lowest BCUT2D eigenvalue weighted by molar-refractivity contribution is 0.171. The molecule has 2 aromatic heterocycles. The number of hydrogen-bond donors (Lipinski definition) is 1. The molecule has 6 nitrogen and oxygen atoms in total. The minimum absolute atomic E-state index is 0.399. The number of nitrogens with one attached hydrogen (secondary N) is 1. The predicted octanol–water partition coefficient (Wildman–Crippen LogP) is 1.56. The molecule has 2 heterocycles. The van der Waals surface area contributed by atoms with E-state index in [1.165, 1.54) is 7.11 Å². The number of amides is 1. The third-order valence-electron chi connectivity index (χ3n) is 2.62. The summed E-state index contributed by atoms with van der Waals surface area (Å²) in [5.74, 6) is 0.793. The Bertz CT molecular complexity index is 524. The van der Waals surface area contributed by atoms with Gasteiger partial charge in [0, 0.05) is 18.9 Å². The van der Waals surface area contributed by atoms with E-state index in [2.05, 4.69) is 20.1 Å². The molecule has 19 heavy (non-hydrogen) atoms. The van der Waals surface area contributed by atoms with E-state index in [1.807, 2.05) is 30.6 Å². The summed E-state index contributed by atoms with van der Waals surface area (Å²) >= 11 is 0. The molecule has 0 spiro atoms. The number of nitrogens with zero attached hydrogens (tertiary/aromatic N) is 3. The maximum Gasteiger partial charge on any atom is 0.406 e. The van der Waals surface area contributed by atoms with E-state index in [4.69, 9.17) is 0 Å². The van der Waals surface area contributed by atoms with E-state index in [9.17, 15) is 4.79 Å². The van der Waals surface area contributed by atoms with Crippen molar-refractivity contribution in [3.63, 3.8) is 0 Å². The lowest BCUT2D eigenvalue weighted by Crippen LogP contribution is -2.24. The fraction of sp³-hybridized carbons (Fsp3) is 0.308. The number of alkyl carbamates (subject to hydrolysis) is 1. The predicted molar refractivity (Wildman–Crippen MR) is 70.1 cm³/mol. The van der Waals surface area contributed by atoms with E-state index < -0.39 is 6.09 Å². The van der Waals surface area contributed by atoms with Gasteiger partial charge in [0.2, 0.25) is 0 Å². The Morgan fingerprint density at radius 1 is 1.47 bits per heavy atom. The normalized spacial score (nSPS) is 10.2. The number of hydrogen-bond acceptors (Lipinski definition) is 4. The van der Waals surface area contributed by atoms with Crippen molar-refractivity contribution in [1.82, 2.24) is 20.1 Å². The van der Waals surface area contributed by atoms with Crippen LogP contribution in [-0.2, 0) is 11.2 Å². The topological polar surface area (TPSA) is 69.0 Å². The summed E-state index contributed by atoms with van der Waals surface area (Å²) < 4.78 is 6.23. The molecule has 0 radical (unpaired) electrons. The van der Waals surface area contributed by atoms with Crippen LogP contribution in [0.5, 0.6) is 0 Å². The fourth-order valence-corrected chi connectivity index (χ4v) is 1.66. The van der Waals surface area contributed by atoms with Gasteiger partial charge >= 0.3 is 6.09 Å². The zero-order valence-corrected chi connectivity index (χ0v) is 10.7. The number of pyridine rings is 1. The van der Waals surface area contributed by atoms with Gasteiger partial charge in [0.05, 0.1) is 13.3 Å². The molecule has 1 amide bonds. The second-order valence-electron chi connectivity index (χ2n) is 4.00. The van der Waals surface area contributed by atoms with E-state index in [0.29, 0.717) is 6.54 Å². The minimum Gasteiger partial charge on any atom is -0.453 e. The lowest BCUT2D eigenvalue weighted by Gasteiger charge is -2.02. The Morgan fingerprint density at radius 2 is 2.37 bits per heavy atom. The first-order chi connectivity index (χ1) is 9.29. The summed E-state index contributed by atoms with van der Waals surface area (Å²) in [7, 11) is 1.35. The van der Waals surface area contributed by atoms with Crippen LogP contribution in [0.4, 0.5) is 4.79 Å². The third-order valence-corrected chi connectivity index (χ3v) is 2.62. The highest BCUT2D eigenvalue weighted by molar-refractivity contribution is 5.66. The van der Waals surface area contributed by atoms with Gasteiger partial charge in [0.25, 0.3) is 0 Å².